The zero-order valence-electron chi connectivity index (χ0n) is 12.3. The zero-order chi connectivity index (χ0) is 15.4. The first-order valence-electron chi connectivity index (χ1n) is 6.68. The summed E-state index contributed by atoms with van der Waals surface area (Å²) in [5.41, 5.74) is 1.52. The Morgan fingerprint density at radius 3 is 2.91 bits per heavy atom. The normalized spacial score (nSPS) is 17.6. The third kappa shape index (κ3) is 4.44. The number of benzene rings is 1. The van der Waals surface area contributed by atoms with Crippen LogP contribution in [0.3, 0.4) is 0 Å². The van der Waals surface area contributed by atoms with Gasteiger partial charge in [0.25, 0.3) is 0 Å². The average molecular weight is 459 g/mol. The Hall–Kier alpha value is -0.156. The molecule has 0 aromatic heterocycles. The molecule has 3 nitrogen and oxygen atoms in total. The van der Waals surface area contributed by atoms with Crippen molar-refractivity contribution in [2.75, 3.05) is 13.2 Å². The van der Waals surface area contributed by atoms with Crippen molar-refractivity contribution in [1.29, 1.82) is 0 Å². The van der Waals surface area contributed by atoms with Crippen molar-refractivity contribution in [3.05, 3.63) is 47.5 Å². The number of hydrogen-bond donors (Lipinski definition) is 0. The Balaban J connectivity index is 0.00000242. The number of carbonyl (C=O) groups is 1. The monoisotopic (exact) mass is 457 g/mol. The van der Waals surface area contributed by atoms with E-state index in [1.807, 2.05) is 19.1 Å². The number of alkyl halides is 1. The maximum atomic E-state index is 12.2. The van der Waals surface area contributed by atoms with Crippen molar-refractivity contribution in [2.45, 2.75) is 18.2 Å². The first kappa shape index (κ1) is 19.9. The van der Waals surface area contributed by atoms with E-state index in [-0.39, 0.29) is 43.4 Å². The van der Waals surface area contributed by atoms with Gasteiger partial charge in [0.2, 0.25) is 5.91 Å². The van der Waals surface area contributed by atoms with Crippen LogP contribution >= 0.6 is 27.5 Å². The second-order valence-electron chi connectivity index (χ2n) is 4.52. The molecule has 1 aromatic rings. The number of nitrogens with zero attached hydrogens (tertiary/aromatic N) is 1. The fourth-order valence-electron chi connectivity index (χ4n) is 2.14. The third-order valence-electron chi connectivity index (χ3n) is 3.13. The van der Waals surface area contributed by atoms with Crippen LogP contribution in [0.2, 0.25) is 5.02 Å². The van der Waals surface area contributed by atoms with Gasteiger partial charge >= 0.3 is 0 Å². The van der Waals surface area contributed by atoms with Crippen LogP contribution in [0.1, 0.15) is 18.9 Å². The Morgan fingerprint density at radius 1 is 1.59 bits per heavy atom. The Morgan fingerprint density at radius 2 is 2.32 bits per heavy atom. The molecular weight excluding hydrogens is 442 g/mol. The van der Waals surface area contributed by atoms with Crippen LogP contribution in [-0.4, -0.2) is 28.8 Å². The summed E-state index contributed by atoms with van der Waals surface area (Å²) in [4.78, 5) is 13.7. The van der Waals surface area contributed by atoms with Crippen LogP contribution in [0.4, 0.5) is 0 Å². The van der Waals surface area contributed by atoms with E-state index >= 15 is 0 Å². The van der Waals surface area contributed by atoms with E-state index in [9.17, 15) is 4.79 Å². The quantitative estimate of drug-likeness (QED) is 0.378. The maximum Gasteiger partial charge on any atom is 0.236 e. The molecule has 1 unspecified atom stereocenters. The van der Waals surface area contributed by atoms with E-state index in [0.717, 1.165) is 11.3 Å². The molecule has 1 radical (unpaired) electrons. The van der Waals surface area contributed by atoms with Crippen molar-refractivity contribution < 1.29 is 42.2 Å². The maximum absolute atomic E-state index is 12.2. The topological polar surface area (TPSA) is 29.5 Å². The predicted octanol–water partition coefficient (Wildman–Crippen LogP) is 4.06. The molecule has 1 atom stereocenters. The fraction of sp³-hybridized carbons (Fsp3) is 0.312. The average Bonchev–Trinajstić information content (AvgIpc) is 2.48. The molecule has 1 aliphatic rings. The molecule has 1 heterocycles. The smallest absolute Gasteiger partial charge is 0.236 e. The minimum Gasteiger partial charge on any atom is -0.490 e. The van der Waals surface area contributed by atoms with Crippen molar-refractivity contribution in [3.63, 3.8) is 0 Å². The second-order valence-corrected chi connectivity index (χ2v) is 6.03. The molecule has 0 aliphatic carbocycles. The molecule has 22 heavy (non-hydrogen) atoms. The summed E-state index contributed by atoms with van der Waals surface area (Å²) in [6.45, 7) is 6.54. The summed E-state index contributed by atoms with van der Waals surface area (Å²) in [6, 6.07) is 5.43. The molecule has 0 saturated heterocycles. The van der Waals surface area contributed by atoms with Gasteiger partial charge in [0, 0.05) is 39.3 Å². The fourth-order valence-corrected chi connectivity index (χ4v) is 2.80. The molecule has 1 aliphatic heterocycles. The van der Waals surface area contributed by atoms with Gasteiger partial charge in [0.05, 0.1) is 4.83 Å². The number of ether oxygens (including phenoxy) is 1. The second kappa shape index (κ2) is 9.22. The zero-order valence-corrected chi connectivity index (χ0v) is 17.5. The van der Waals surface area contributed by atoms with Crippen LogP contribution in [-0.2, 0) is 37.5 Å². The first-order chi connectivity index (χ1) is 10.1. The summed E-state index contributed by atoms with van der Waals surface area (Å²) < 4.78 is 5.45. The first-order valence-corrected chi connectivity index (χ1v) is 7.97. The summed E-state index contributed by atoms with van der Waals surface area (Å²) in [5, 5.41) is 0.540. The summed E-state index contributed by atoms with van der Waals surface area (Å²) in [7, 11) is 0. The van der Waals surface area contributed by atoms with E-state index in [2.05, 4.69) is 28.6 Å². The Bertz CT molecular complexity index is 592. The standard InChI is InChI=1S/C16H16BrClNO2.Y/c1-3-9-21-11-5-6-12(14(18)10-11)15-8-7-13(17)16(20)19(15)4-2;/h3,5-6,10,13H,1,4,7,9H2,2H3;/q-1;. The summed E-state index contributed by atoms with van der Waals surface area (Å²) in [6.07, 6.45) is 5.46. The SMILES string of the molecule is C=CCOc1ccc(C2=[C-]CC(Br)C(=O)N2CC)c(Cl)c1.[Y]. The Kier molecular flexibility index (Phi) is 8.33. The van der Waals surface area contributed by atoms with Gasteiger partial charge in [-0.25, -0.2) is 6.08 Å². The summed E-state index contributed by atoms with van der Waals surface area (Å²) >= 11 is 9.70. The number of hydrogen-bond acceptors (Lipinski definition) is 2. The van der Waals surface area contributed by atoms with Gasteiger partial charge in [0.1, 0.15) is 12.4 Å². The van der Waals surface area contributed by atoms with E-state index < -0.39 is 0 Å². The number of amides is 1. The van der Waals surface area contributed by atoms with Gasteiger partial charge in [0.15, 0.2) is 0 Å². The van der Waals surface area contributed by atoms with Crippen molar-refractivity contribution in [3.8, 4) is 5.75 Å². The number of halogens is 2. The van der Waals surface area contributed by atoms with Crippen molar-refractivity contribution >= 4 is 39.1 Å². The van der Waals surface area contributed by atoms with Crippen LogP contribution < -0.4 is 4.74 Å². The van der Waals surface area contributed by atoms with Gasteiger partial charge in [-0.05, 0) is 24.1 Å². The molecule has 0 N–H and O–H groups in total. The molecule has 2 rings (SSSR count). The largest absolute Gasteiger partial charge is 0.490 e. The molecule has 1 aromatic carbocycles. The molecule has 0 saturated carbocycles. The molecule has 1 amide bonds. The van der Waals surface area contributed by atoms with Crippen molar-refractivity contribution in [2.24, 2.45) is 0 Å². The number of carbonyl (C=O) groups excluding carboxylic acids is 1. The van der Waals surface area contributed by atoms with Crippen molar-refractivity contribution in [1.82, 2.24) is 4.90 Å². The van der Waals surface area contributed by atoms with Crippen LogP contribution in [0.15, 0.2) is 30.9 Å². The molecule has 0 bridgehead atoms. The van der Waals surface area contributed by atoms with Gasteiger partial charge in [-0.2, -0.15) is 0 Å². The van der Waals surface area contributed by atoms with Gasteiger partial charge in [-0.1, -0.05) is 35.0 Å². The minimum atomic E-state index is -0.213. The molecule has 115 valence electrons. The predicted molar refractivity (Wildman–Crippen MR) is 88.5 cm³/mol. The van der Waals surface area contributed by atoms with Gasteiger partial charge in [-0.15, -0.1) is 28.9 Å². The summed E-state index contributed by atoms with van der Waals surface area (Å²) in [5.74, 6) is 0.710. The van der Waals surface area contributed by atoms with E-state index in [0.29, 0.717) is 30.3 Å². The molecule has 0 fully saturated rings. The minimum absolute atomic E-state index is 0. The van der Waals surface area contributed by atoms with E-state index in [4.69, 9.17) is 16.3 Å². The van der Waals surface area contributed by atoms with E-state index in [1.54, 1.807) is 17.0 Å². The Labute approximate surface area is 169 Å². The van der Waals surface area contributed by atoms with Gasteiger partial charge < -0.3 is 9.64 Å². The number of rotatable bonds is 5. The third-order valence-corrected chi connectivity index (χ3v) is 4.16. The van der Waals surface area contributed by atoms with Crippen LogP contribution in [0.5, 0.6) is 5.75 Å². The molecular formula is C16H16BrClNO2Y-. The number of allylic oxidation sites excluding steroid dienone is 1. The van der Waals surface area contributed by atoms with E-state index in [1.165, 1.54) is 0 Å². The van der Waals surface area contributed by atoms with Gasteiger partial charge in [-0.3, -0.25) is 4.79 Å². The molecule has 6 heteroatoms. The molecule has 0 spiro atoms. The van der Waals surface area contributed by atoms with Crippen LogP contribution in [0, 0.1) is 6.08 Å². The van der Waals surface area contributed by atoms with Crippen LogP contribution in [0.25, 0.3) is 5.70 Å².